The van der Waals surface area contributed by atoms with E-state index in [9.17, 15) is 23.2 Å². The second kappa shape index (κ2) is 13.6. The Kier molecular flexibility index (Phi) is 9.63. The van der Waals surface area contributed by atoms with Crippen LogP contribution in [0.25, 0.3) is 22.4 Å². The Morgan fingerprint density at radius 2 is 1.91 bits per heavy atom. The van der Waals surface area contributed by atoms with Crippen molar-refractivity contribution in [1.29, 1.82) is 0 Å². The van der Waals surface area contributed by atoms with Crippen LogP contribution in [0, 0.1) is 17.6 Å². The number of benzene rings is 1. The third-order valence-electron chi connectivity index (χ3n) is 7.91. The monoisotopic (exact) mass is 636 g/mol. The molecule has 1 atom stereocenters. The smallest absolute Gasteiger partial charge is 0.274 e. The third-order valence-corrected chi connectivity index (χ3v) is 7.91. The summed E-state index contributed by atoms with van der Waals surface area (Å²) in [5.41, 5.74) is 0.964. The summed E-state index contributed by atoms with van der Waals surface area (Å²) in [5.74, 6) is -2.53. The van der Waals surface area contributed by atoms with Crippen molar-refractivity contribution in [2.75, 3.05) is 18.5 Å². The van der Waals surface area contributed by atoms with Gasteiger partial charge in [0.2, 0.25) is 11.3 Å². The van der Waals surface area contributed by atoms with Crippen LogP contribution < -0.4 is 20.8 Å². The van der Waals surface area contributed by atoms with Gasteiger partial charge in [0.1, 0.15) is 17.6 Å². The fraction of sp³-hybridized carbons (Fsp3) is 0.438. The van der Waals surface area contributed by atoms with Gasteiger partial charge < -0.3 is 24.8 Å². The SMILES string of the molecule is CCCCOc1c2n(c(CNC(=O)[C@@H](Nc3nc(-c4n[nH]c5ccc(F)cc45)ncc3F)C(C)C)cc1=O)CCN(C(C)C)C2=O. The number of ether oxygens (including phenoxy) is 1. The van der Waals surface area contributed by atoms with E-state index in [1.54, 1.807) is 23.3 Å². The number of carbonyl (C=O) groups is 2. The summed E-state index contributed by atoms with van der Waals surface area (Å²) >= 11 is 0. The minimum absolute atomic E-state index is 0.0167. The highest BCUT2D eigenvalue weighted by molar-refractivity contribution is 5.96. The van der Waals surface area contributed by atoms with Crippen molar-refractivity contribution in [2.45, 2.75) is 72.6 Å². The number of hydrogen-bond acceptors (Lipinski definition) is 8. The lowest BCUT2D eigenvalue weighted by atomic mass is 10.0. The van der Waals surface area contributed by atoms with Gasteiger partial charge in [-0.05, 0) is 44.4 Å². The van der Waals surface area contributed by atoms with Crippen molar-refractivity contribution in [3.8, 4) is 17.3 Å². The van der Waals surface area contributed by atoms with Gasteiger partial charge in [0.25, 0.3) is 5.91 Å². The quantitative estimate of drug-likeness (QED) is 0.196. The van der Waals surface area contributed by atoms with E-state index in [0.29, 0.717) is 36.3 Å². The van der Waals surface area contributed by atoms with Crippen molar-refractivity contribution >= 4 is 28.5 Å². The molecule has 4 aromatic rings. The van der Waals surface area contributed by atoms with E-state index in [-0.39, 0.29) is 53.2 Å². The topological polar surface area (TPSA) is 147 Å². The number of rotatable bonds is 12. The van der Waals surface area contributed by atoms with Crippen LogP contribution in [0.15, 0.2) is 35.3 Å². The Morgan fingerprint density at radius 1 is 1.13 bits per heavy atom. The summed E-state index contributed by atoms with van der Waals surface area (Å²) in [6.45, 7) is 10.5. The Balaban J connectivity index is 1.39. The summed E-state index contributed by atoms with van der Waals surface area (Å²) in [4.78, 5) is 50.2. The van der Waals surface area contributed by atoms with Gasteiger partial charge in [0, 0.05) is 36.3 Å². The molecule has 0 radical (unpaired) electrons. The second-order valence-corrected chi connectivity index (χ2v) is 11.9. The van der Waals surface area contributed by atoms with Crippen molar-refractivity contribution in [3.05, 3.63) is 63.7 Å². The summed E-state index contributed by atoms with van der Waals surface area (Å²) < 4.78 is 36.4. The van der Waals surface area contributed by atoms with Gasteiger partial charge in [-0.3, -0.25) is 19.5 Å². The lowest BCUT2D eigenvalue weighted by molar-refractivity contribution is -0.122. The number of H-pyrrole nitrogens is 1. The average molecular weight is 637 g/mol. The van der Waals surface area contributed by atoms with E-state index in [4.69, 9.17) is 4.74 Å². The van der Waals surface area contributed by atoms with Crippen molar-refractivity contribution < 1.29 is 23.1 Å². The molecule has 3 N–H and O–H groups in total. The van der Waals surface area contributed by atoms with E-state index >= 15 is 0 Å². The molecule has 1 aliphatic heterocycles. The van der Waals surface area contributed by atoms with Gasteiger partial charge >= 0.3 is 0 Å². The number of hydrogen-bond donors (Lipinski definition) is 3. The summed E-state index contributed by atoms with van der Waals surface area (Å²) in [7, 11) is 0. The number of halogens is 2. The first-order chi connectivity index (χ1) is 22.0. The minimum atomic E-state index is -0.937. The average Bonchev–Trinajstić information content (AvgIpc) is 3.43. The number of aromatic amines is 1. The van der Waals surface area contributed by atoms with Crippen LogP contribution in [0.2, 0.25) is 0 Å². The molecule has 5 rings (SSSR count). The normalized spacial score (nSPS) is 13.8. The summed E-state index contributed by atoms with van der Waals surface area (Å²) in [6, 6.07) is 4.46. The molecular formula is C32H38F2N8O4. The number of aromatic nitrogens is 5. The van der Waals surface area contributed by atoms with Gasteiger partial charge in [-0.1, -0.05) is 27.2 Å². The predicted molar refractivity (Wildman–Crippen MR) is 168 cm³/mol. The van der Waals surface area contributed by atoms with Gasteiger partial charge in [-0.2, -0.15) is 5.10 Å². The molecule has 244 valence electrons. The maximum absolute atomic E-state index is 14.9. The Morgan fingerprint density at radius 3 is 2.63 bits per heavy atom. The first kappa shape index (κ1) is 32.5. The molecule has 46 heavy (non-hydrogen) atoms. The maximum Gasteiger partial charge on any atom is 0.274 e. The Hall–Kier alpha value is -4.88. The number of fused-ring (bicyclic) bond motifs is 2. The first-order valence-corrected chi connectivity index (χ1v) is 15.4. The standard InChI is InChI=1S/C32H38F2N8O4/c1-6-7-12-46-28-24(43)14-20(42-11-10-41(18(4)5)32(45)27(28)42)15-36-31(44)25(17(2)3)37-29-22(34)16-35-30(38-29)26-21-13-19(33)8-9-23(21)39-40-26/h8-9,13-14,16-18,25H,6-7,10-12,15H2,1-5H3,(H,36,44)(H,39,40)(H,35,37,38)/t25-/m0/s1. The molecule has 4 heterocycles. The van der Waals surface area contributed by atoms with Crippen LogP contribution in [-0.2, 0) is 17.9 Å². The van der Waals surface area contributed by atoms with Gasteiger partial charge in [0.15, 0.2) is 28.9 Å². The fourth-order valence-corrected chi connectivity index (χ4v) is 5.40. The molecule has 0 saturated carbocycles. The van der Waals surface area contributed by atoms with Crippen LogP contribution in [0.5, 0.6) is 5.75 Å². The lowest BCUT2D eigenvalue weighted by Crippen LogP contribution is -2.47. The van der Waals surface area contributed by atoms with E-state index in [0.717, 1.165) is 19.0 Å². The lowest BCUT2D eigenvalue weighted by Gasteiger charge is -2.35. The fourth-order valence-electron chi connectivity index (χ4n) is 5.40. The number of carbonyl (C=O) groups excluding carboxylic acids is 2. The molecule has 14 heteroatoms. The molecule has 12 nitrogen and oxygen atoms in total. The number of pyridine rings is 1. The largest absolute Gasteiger partial charge is 0.487 e. The highest BCUT2D eigenvalue weighted by Crippen LogP contribution is 2.27. The zero-order chi connectivity index (χ0) is 33.1. The molecule has 0 fully saturated rings. The Labute approximate surface area is 264 Å². The number of nitrogens with zero attached hydrogens (tertiary/aromatic N) is 5. The molecular weight excluding hydrogens is 598 g/mol. The molecule has 1 aliphatic rings. The van der Waals surface area contributed by atoms with Crippen LogP contribution in [0.4, 0.5) is 14.6 Å². The molecule has 0 saturated heterocycles. The Bertz CT molecular complexity index is 1820. The summed E-state index contributed by atoms with van der Waals surface area (Å²) in [6.07, 6.45) is 2.55. The minimum Gasteiger partial charge on any atom is -0.487 e. The third kappa shape index (κ3) is 6.56. The molecule has 1 aromatic carbocycles. The van der Waals surface area contributed by atoms with Gasteiger partial charge in [-0.25, -0.2) is 18.7 Å². The van der Waals surface area contributed by atoms with Crippen molar-refractivity contribution in [3.63, 3.8) is 0 Å². The number of amides is 2. The van der Waals surface area contributed by atoms with Crippen LogP contribution in [0.1, 0.15) is 63.6 Å². The van der Waals surface area contributed by atoms with Crippen LogP contribution in [-0.4, -0.2) is 66.7 Å². The zero-order valence-corrected chi connectivity index (χ0v) is 26.5. The molecule has 2 amide bonds. The summed E-state index contributed by atoms with van der Waals surface area (Å²) in [5, 5.41) is 13.1. The molecule has 0 aliphatic carbocycles. The van der Waals surface area contributed by atoms with Crippen molar-refractivity contribution in [1.82, 2.24) is 34.9 Å². The number of anilines is 1. The van der Waals surface area contributed by atoms with Crippen molar-refractivity contribution in [2.24, 2.45) is 5.92 Å². The van der Waals surface area contributed by atoms with E-state index in [2.05, 4.69) is 30.8 Å². The highest BCUT2D eigenvalue weighted by atomic mass is 19.1. The van der Waals surface area contributed by atoms with E-state index in [1.807, 2.05) is 20.8 Å². The molecule has 0 spiro atoms. The second-order valence-electron chi connectivity index (χ2n) is 11.9. The zero-order valence-electron chi connectivity index (χ0n) is 26.5. The number of nitrogens with one attached hydrogen (secondary N) is 3. The van der Waals surface area contributed by atoms with Crippen LogP contribution in [0.3, 0.4) is 0 Å². The maximum atomic E-state index is 14.9. The molecule has 0 bridgehead atoms. The molecule has 0 unspecified atom stereocenters. The van der Waals surface area contributed by atoms with Gasteiger partial charge in [-0.15, -0.1) is 0 Å². The first-order valence-electron chi connectivity index (χ1n) is 15.4. The predicted octanol–water partition coefficient (Wildman–Crippen LogP) is 4.26. The molecule has 3 aromatic heterocycles. The van der Waals surface area contributed by atoms with Gasteiger partial charge in [0.05, 0.1) is 24.9 Å². The van der Waals surface area contributed by atoms with E-state index in [1.165, 1.54) is 24.3 Å². The highest BCUT2D eigenvalue weighted by Gasteiger charge is 2.33. The van der Waals surface area contributed by atoms with Crippen LogP contribution >= 0.6 is 0 Å². The number of unbranched alkanes of at least 4 members (excludes halogenated alkanes) is 1. The van der Waals surface area contributed by atoms with E-state index < -0.39 is 29.0 Å².